The van der Waals surface area contributed by atoms with Crippen LogP contribution in [0.25, 0.3) is 0 Å². The molecular formula is C14H21N3O3. The highest BCUT2D eigenvalue weighted by atomic mass is 16.5. The van der Waals surface area contributed by atoms with Crippen molar-refractivity contribution in [3.63, 3.8) is 0 Å². The monoisotopic (exact) mass is 279 g/mol. The summed E-state index contributed by atoms with van der Waals surface area (Å²) < 4.78 is 4.95. The second-order valence-corrected chi connectivity index (χ2v) is 5.72. The number of hydrogen-bond donors (Lipinski definition) is 1. The molecule has 1 aromatic rings. The van der Waals surface area contributed by atoms with Crippen molar-refractivity contribution < 1.29 is 14.4 Å². The second-order valence-electron chi connectivity index (χ2n) is 5.72. The van der Waals surface area contributed by atoms with Gasteiger partial charge in [-0.05, 0) is 26.2 Å². The molecule has 3 rings (SSSR count). The SMILES string of the molecule is Cc1cc(C(=O)N2CCN([C@H]3CCC[C@H]3O)CC2)no1. The molecule has 2 fully saturated rings. The van der Waals surface area contributed by atoms with E-state index in [0.29, 0.717) is 24.5 Å². The fraction of sp³-hybridized carbons (Fsp3) is 0.714. The number of amides is 1. The summed E-state index contributed by atoms with van der Waals surface area (Å²) in [6.45, 7) is 4.81. The highest BCUT2D eigenvalue weighted by Gasteiger charge is 2.33. The molecule has 0 bridgehead atoms. The van der Waals surface area contributed by atoms with Crippen LogP contribution >= 0.6 is 0 Å². The van der Waals surface area contributed by atoms with E-state index in [1.807, 2.05) is 4.90 Å². The van der Waals surface area contributed by atoms with Gasteiger partial charge in [0.1, 0.15) is 5.76 Å². The van der Waals surface area contributed by atoms with Crippen LogP contribution in [-0.2, 0) is 0 Å². The van der Waals surface area contributed by atoms with Gasteiger partial charge in [-0.2, -0.15) is 0 Å². The predicted octanol–water partition coefficient (Wildman–Crippen LogP) is 0.654. The molecule has 6 nitrogen and oxygen atoms in total. The standard InChI is InChI=1S/C14H21N3O3/c1-10-9-11(15-20-10)14(19)17-7-5-16(6-8-17)12-3-2-4-13(12)18/h9,12-13,18H,2-8H2,1H3/t12-,13+/m0/s1. The number of aliphatic hydroxyl groups is 1. The lowest BCUT2D eigenvalue weighted by molar-refractivity contribution is 0.0311. The summed E-state index contributed by atoms with van der Waals surface area (Å²) in [5.41, 5.74) is 0.386. The average molecular weight is 279 g/mol. The number of nitrogens with zero attached hydrogens (tertiary/aromatic N) is 3. The number of rotatable bonds is 2. The fourth-order valence-corrected chi connectivity index (χ4v) is 3.23. The van der Waals surface area contributed by atoms with Gasteiger partial charge in [-0.15, -0.1) is 0 Å². The van der Waals surface area contributed by atoms with Gasteiger partial charge < -0.3 is 14.5 Å². The molecule has 0 radical (unpaired) electrons. The Balaban J connectivity index is 1.57. The zero-order valence-electron chi connectivity index (χ0n) is 11.8. The van der Waals surface area contributed by atoms with Crippen molar-refractivity contribution in [2.24, 2.45) is 0 Å². The summed E-state index contributed by atoms with van der Waals surface area (Å²) in [7, 11) is 0. The van der Waals surface area contributed by atoms with Gasteiger partial charge in [-0.25, -0.2) is 0 Å². The van der Waals surface area contributed by atoms with Gasteiger partial charge in [-0.1, -0.05) is 5.16 Å². The van der Waals surface area contributed by atoms with Gasteiger partial charge in [0, 0.05) is 38.3 Å². The summed E-state index contributed by atoms with van der Waals surface area (Å²) in [6, 6.07) is 1.96. The maximum absolute atomic E-state index is 12.2. The van der Waals surface area contributed by atoms with Gasteiger partial charge in [-0.3, -0.25) is 9.69 Å². The molecule has 0 spiro atoms. The van der Waals surface area contributed by atoms with E-state index in [0.717, 1.165) is 32.4 Å². The van der Waals surface area contributed by atoms with Crippen molar-refractivity contribution in [1.82, 2.24) is 15.0 Å². The lowest BCUT2D eigenvalue weighted by Crippen LogP contribution is -2.53. The number of carbonyl (C=O) groups excluding carboxylic acids is 1. The maximum Gasteiger partial charge on any atom is 0.276 e. The van der Waals surface area contributed by atoms with Gasteiger partial charge in [0.25, 0.3) is 5.91 Å². The Hall–Kier alpha value is -1.40. The lowest BCUT2D eigenvalue weighted by Gasteiger charge is -2.38. The molecule has 1 N–H and O–H groups in total. The highest BCUT2D eigenvalue weighted by Crippen LogP contribution is 2.25. The third-order valence-corrected chi connectivity index (χ3v) is 4.36. The Morgan fingerprint density at radius 3 is 2.65 bits per heavy atom. The molecule has 110 valence electrons. The first-order valence-corrected chi connectivity index (χ1v) is 7.30. The molecule has 1 amide bonds. The summed E-state index contributed by atoms with van der Waals surface area (Å²) in [5, 5.41) is 13.7. The van der Waals surface area contributed by atoms with E-state index in [4.69, 9.17) is 4.52 Å². The summed E-state index contributed by atoms with van der Waals surface area (Å²) in [4.78, 5) is 16.4. The topological polar surface area (TPSA) is 69.8 Å². The van der Waals surface area contributed by atoms with Crippen LogP contribution in [-0.4, -0.2) is 64.3 Å². The Kier molecular flexibility index (Phi) is 3.76. The average Bonchev–Trinajstić information content (AvgIpc) is 3.07. The minimum absolute atomic E-state index is 0.0616. The largest absolute Gasteiger partial charge is 0.391 e. The normalized spacial score (nSPS) is 28.0. The molecule has 1 saturated heterocycles. The zero-order valence-corrected chi connectivity index (χ0v) is 11.8. The van der Waals surface area contributed by atoms with Crippen LogP contribution < -0.4 is 0 Å². The lowest BCUT2D eigenvalue weighted by atomic mass is 10.1. The minimum Gasteiger partial charge on any atom is -0.391 e. The number of aryl methyl sites for hydroxylation is 1. The third-order valence-electron chi connectivity index (χ3n) is 4.36. The van der Waals surface area contributed by atoms with E-state index in [9.17, 15) is 9.90 Å². The van der Waals surface area contributed by atoms with Crippen molar-refractivity contribution in [2.75, 3.05) is 26.2 Å². The highest BCUT2D eigenvalue weighted by molar-refractivity contribution is 5.92. The smallest absolute Gasteiger partial charge is 0.276 e. The van der Waals surface area contributed by atoms with Crippen molar-refractivity contribution in [2.45, 2.75) is 38.3 Å². The van der Waals surface area contributed by atoms with E-state index >= 15 is 0 Å². The molecular weight excluding hydrogens is 258 g/mol. The molecule has 1 aliphatic heterocycles. The van der Waals surface area contributed by atoms with Crippen molar-refractivity contribution in [3.8, 4) is 0 Å². The number of aliphatic hydroxyl groups excluding tert-OH is 1. The minimum atomic E-state index is -0.199. The molecule has 0 unspecified atom stereocenters. The van der Waals surface area contributed by atoms with E-state index in [-0.39, 0.29) is 18.1 Å². The molecule has 1 aliphatic carbocycles. The van der Waals surface area contributed by atoms with E-state index in [1.165, 1.54) is 0 Å². The molecule has 1 aromatic heterocycles. The van der Waals surface area contributed by atoms with Crippen molar-refractivity contribution in [3.05, 3.63) is 17.5 Å². The van der Waals surface area contributed by atoms with Gasteiger partial charge in [0.05, 0.1) is 6.10 Å². The molecule has 20 heavy (non-hydrogen) atoms. The number of carbonyl (C=O) groups is 1. The van der Waals surface area contributed by atoms with Crippen molar-refractivity contribution >= 4 is 5.91 Å². The van der Waals surface area contributed by atoms with Gasteiger partial charge in [0.15, 0.2) is 5.69 Å². The predicted molar refractivity (Wildman–Crippen MR) is 72.4 cm³/mol. The molecule has 1 saturated carbocycles. The number of aromatic nitrogens is 1. The molecule has 6 heteroatoms. The summed E-state index contributed by atoms with van der Waals surface area (Å²) in [6.07, 6.45) is 2.87. The first kappa shape index (κ1) is 13.6. The van der Waals surface area contributed by atoms with Crippen LogP contribution in [0.15, 0.2) is 10.6 Å². The molecule has 0 aromatic carbocycles. The van der Waals surface area contributed by atoms with E-state index in [1.54, 1.807) is 13.0 Å². The van der Waals surface area contributed by atoms with Crippen LogP contribution in [0.2, 0.25) is 0 Å². The Labute approximate surface area is 118 Å². The van der Waals surface area contributed by atoms with Crippen LogP contribution in [0.1, 0.15) is 35.5 Å². The Bertz CT molecular complexity index is 480. The van der Waals surface area contributed by atoms with Crippen LogP contribution in [0, 0.1) is 6.92 Å². The number of hydrogen-bond acceptors (Lipinski definition) is 5. The van der Waals surface area contributed by atoms with Crippen LogP contribution in [0.4, 0.5) is 0 Å². The molecule has 2 atom stereocenters. The quantitative estimate of drug-likeness (QED) is 0.861. The first-order valence-electron chi connectivity index (χ1n) is 7.30. The van der Waals surface area contributed by atoms with Gasteiger partial charge in [0.2, 0.25) is 0 Å². The summed E-state index contributed by atoms with van der Waals surface area (Å²) in [5.74, 6) is 0.592. The van der Waals surface area contributed by atoms with Crippen LogP contribution in [0.3, 0.4) is 0 Å². The van der Waals surface area contributed by atoms with Gasteiger partial charge >= 0.3 is 0 Å². The summed E-state index contributed by atoms with van der Waals surface area (Å²) >= 11 is 0. The van der Waals surface area contributed by atoms with Crippen molar-refractivity contribution in [1.29, 1.82) is 0 Å². The molecule has 2 heterocycles. The fourth-order valence-electron chi connectivity index (χ4n) is 3.23. The van der Waals surface area contributed by atoms with E-state index < -0.39 is 0 Å². The Morgan fingerprint density at radius 2 is 2.10 bits per heavy atom. The third kappa shape index (κ3) is 2.58. The number of piperazine rings is 1. The maximum atomic E-state index is 12.2. The van der Waals surface area contributed by atoms with E-state index in [2.05, 4.69) is 10.1 Å². The zero-order chi connectivity index (χ0) is 14.1. The first-order chi connectivity index (χ1) is 9.65. The molecule has 2 aliphatic rings. The van der Waals surface area contributed by atoms with Crippen LogP contribution in [0.5, 0.6) is 0 Å². The Morgan fingerprint density at radius 1 is 1.35 bits per heavy atom. The second kappa shape index (κ2) is 5.54.